The van der Waals surface area contributed by atoms with Crippen LogP contribution in [0, 0.1) is 17.8 Å². The summed E-state index contributed by atoms with van der Waals surface area (Å²) in [5, 5.41) is 0. The first-order chi connectivity index (χ1) is 20.6. The Bertz CT molecular complexity index is 598. The Labute approximate surface area is 255 Å². The van der Waals surface area contributed by atoms with Crippen LogP contribution in [-0.2, 0) is 47.4 Å². The SMILES string of the molecule is CC[C@@H](C)C1C[C@@H](C)COCCOCCOCCOCCOC2CCC(OCCOCCOCCOCCO1)[C@H](C)C2. The van der Waals surface area contributed by atoms with Crippen molar-refractivity contribution in [3.63, 3.8) is 0 Å². The quantitative estimate of drug-likeness (QED) is 0.427. The van der Waals surface area contributed by atoms with E-state index in [1.165, 1.54) is 0 Å². The molecule has 2 heterocycles. The molecule has 250 valence electrons. The summed E-state index contributed by atoms with van der Waals surface area (Å²) in [6.45, 7) is 18.7. The zero-order chi connectivity index (χ0) is 30.1. The van der Waals surface area contributed by atoms with Gasteiger partial charge in [0.1, 0.15) is 0 Å². The lowest BCUT2D eigenvalue weighted by atomic mass is 9.86. The smallest absolute Gasteiger partial charge is 0.0704 e. The molecule has 2 aliphatic heterocycles. The molecule has 0 radical (unpaired) electrons. The topological polar surface area (TPSA) is 92.3 Å². The highest BCUT2D eigenvalue weighted by atomic mass is 16.6. The molecule has 1 aliphatic carbocycles. The molecule has 10 heteroatoms. The van der Waals surface area contributed by atoms with Crippen molar-refractivity contribution in [3.8, 4) is 0 Å². The second kappa shape index (κ2) is 25.9. The van der Waals surface area contributed by atoms with Crippen LogP contribution in [0.5, 0.6) is 0 Å². The minimum absolute atomic E-state index is 0.195. The third-order valence-corrected chi connectivity index (χ3v) is 7.92. The Morgan fingerprint density at radius 2 is 0.976 bits per heavy atom. The molecular weight excluding hydrogens is 544 g/mol. The zero-order valence-electron chi connectivity index (χ0n) is 27.1. The van der Waals surface area contributed by atoms with Crippen molar-refractivity contribution in [1.29, 1.82) is 0 Å². The van der Waals surface area contributed by atoms with E-state index in [0.717, 1.165) is 32.1 Å². The molecule has 1 saturated carbocycles. The highest BCUT2D eigenvalue weighted by Gasteiger charge is 2.28. The van der Waals surface area contributed by atoms with Crippen LogP contribution in [0.2, 0.25) is 0 Å². The first kappa shape index (κ1) is 37.8. The monoisotopic (exact) mass is 606 g/mol. The molecule has 0 aromatic heterocycles. The fourth-order valence-electron chi connectivity index (χ4n) is 5.19. The van der Waals surface area contributed by atoms with E-state index in [9.17, 15) is 0 Å². The van der Waals surface area contributed by atoms with Crippen molar-refractivity contribution in [3.05, 3.63) is 0 Å². The summed E-state index contributed by atoms with van der Waals surface area (Å²) in [4.78, 5) is 0. The summed E-state index contributed by atoms with van der Waals surface area (Å²) in [7, 11) is 0. The van der Waals surface area contributed by atoms with Crippen LogP contribution < -0.4 is 0 Å². The predicted octanol–water partition coefficient (Wildman–Crippen LogP) is 4.16. The second-order valence-corrected chi connectivity index (χ2v) is 11.6. The molecule has 2 saturated heterocycles. The maximum absolute atomic E-state index is 6.21. The van der Waals surface area contributed by atoms with Crippen molar-refractivity contribution < 1.29 is 47.4 Å². The van der Waals surface area contributed by atoms with E-state index in [2.05, 4.69) is 27.7 Å². The van der Waals surface area contributed by atoms with E-state index in [1.807, 2.05) is 0 Å². The Morgan fingerprint density at radius 1 is 0.524 bits per heavy atom. The van der Waals surface area contributed by atoms with Gasteiger partial charge in [0.25, 0.3) is 0 Å². The molecule has 3 aliphatic rings. The lowest BCUT2D eigenvalue weighted by Crippen LogP contribution is -2.34. The number of hydrogen-bond acceptors (Lipinski definition) is 10. The number of hydrogen-bond donors (Lipinski definition) is 0. The minimum atomic E-state index is 0.195. The minimum Gasteiger partial charge on any atom is -0.379 e. The highest BCUT2D eigenvalue weighted by molar-refractivity contribution is 4.79. The van der Waals surface area contributed by atoms with Crippen molar-refractivity contribution in [2.45, 2.75) is 78.1 Å². The van der Waals surface area contributed by atoms with E-state index in [0.29, 0.717) is 130 Å². The van der Waals surface area contributed by atoms with E-state index in [1.54, 1.807) is 0 Å². The molecule has 3 fully saturated rings. The first-order valence-corrected chi connectivity index (χ1v) is 16.5. The lowest BCUT2D eigenvalue weighted by molar-refractivity contribution is -0.0823. The van der Waals surface area contributed by atoms with Gasteiger partial charge in [-0.25, -0.2) is 0 Å². The van der Waals surface area contributed by atoms with E-state index in [4.69, 9.17) is 47.4 Å². The van der Waals surface area contributed by atoms with Gasteiger partial charge in [-0.1, -0.05) is 34.1 Å². The van der Waals surface area contributed by atoms with Crippen LogP contribution in [0.3, 0.4) is 0 Å². The third kappa shape index (κ3) is 19.1. The third-order valence-electron chi connectivity index (χ3n) is 7.92. The molecular formula is C32H62O10. The van der Waals surface area contributed by atoms with Gasteiger partial charge in [-0.2, -0.15) is 0 Å². The molecule has 6 atom stereocenters. The van der Waals surface area contributed by atoms with Gasteiger partial charge in [-0.15, -0.1) is 0 Å². The predicted molar refractivity (Wildman–Crippen MR) is 161 cm³/mol. The molecule has 0 aromatic carbocycles. The van der Waals surface area contributed by atoms with Crippen LogP contribution in [0.1, 0.15) is 59.8 Å². The van der Waals surface area contributed by atoms with Gasteiger partial charge in [-0.05, 0) is 43.4 Å². The summed E-state index contributed by atoms with van der Waals surface area (Å²) < 4.78 is 58.1. The maximum atomic E-state index is 6.21. The molecule has 0 amide bonds. The molecule has 3 unspecified atom stereocenters. The van der Waals surface area contributed by atoms with Crippen molar-refractivity contribution >= 4 is 0 Å². The van der Waals surface area contributed by atoms with Crippen molar-refractivity contribution in [2.75, 3.05) is 112 Å². The number of rotatable bonds is 2. The van der Waals surface area contributed by atoms with Crippen molar-refractivity contribution in [2.24, 2.45) is 17.8 Å². The van der Waals surface area contributed by atoms with Gasteiger partial charge in [0.15, 0.2) is 0 Å². The summed E-state index contributed by atoms with van der Waals surface area (Å²) in [5.74, 6) is 1.36. The molecule has 10 nitrogen and oxygen atoms in total. The molecule has 42 heavy (non-hydrogen) atoms. The average molecular weight is 607 g/mol. The van der Waals surface area contributed by atoms with Crippen LogP contribution in [-0.4, -0.2) is 131 Å². The van der Waals surface area contributed by atoms with Crippen molar-refractivity contribution in [1.82, 2.24) is 0 Å². The highest BCUT2D eigenvalue weighted by Crippen LogP contribution is 2.28. The molecule has 3 rings (SSSR count). The van der Waals surface area contributed by atoms with Crippen LogP contribution >= 0.6 is 0 Å². The molecule has 2 bridgehead atoms. The largest absolute Gasteiger partial charge is 0.379 e. The summed E-state index contributed by atoms with van der Waals surface area (Å²) in [6.07, 6.45) is 5.83. The summed E-state index contributed by atoms with van der Waals surface area (Å²) in [5.41, 5.74) is 0. The molecule has 0 aromatic rings. The second-order valence-electron chi connectivity index (χ2n) is 11.6. The van der Waals surface area contributed by atoms with E-state index in [-0.39, 0.29) is 18.3 Å². The summed E-state index contributed by atoms with van der Waals surface area (Å²) >= 11 is 0. The lowest BCUT2D eigenvalue weighted by Gasteiger charge is -2.34. The molecule has 0 spiro atoms. The van der Waals surface area contributed by atoms with Crippen LogP contribution in [0.25, 0.3) is 0 Å². The number of ether oxygens (including phenoxy) is 10. The van der Waals surface area contributed by atoms with E-state index < -0.39 is 0 Å². The zero-order valence-corrected chi connectivity index (χ0v) is 27.1. The standard InChI is InChI=1S/C32H62O10/c1-5-28(3)32-24-27(2)26-39-17-16-35-9-8-33-10-13-36-18-21-40-30-6-7-31(29(4)25-30)41-22-19-37-14-11-34-12-15-38-20-23-42-32/h27-32H,5-26H2,1-4H3/t27-,28-,29-,30?,31?,32?/m1/s1. The Kier molecular flexibility index (Phi) is 23.3. The van der Waals surface area contributed by atoms with Gasteiger partial charge in [-0.3, -0.25) is 0 Å². The molecule has 0 N–H and O–H groups in total. The van der Waals surface area contributed by atoms with Gasteiger partial charge >= 0.3 is 0 Å². The van der Waals surface area contributed by atoms with Gasteiger partial charge in [0.05, 0.1) is 124 Å². The average Bonchev–Trinajstić information content (AvgIpc) is 2.99. The number of fused-ring (bicyclic) bond motifs is 31. The Morgan fingerprint density at radius 3 is 1.48 bits per heavy atom. The first-order valence-electron chi connectivity index (χ1n) is 16.5. The van der Waals surface area contributed by atoms with Gasteiger partial charge < -0.3 is 47.4 Å². The normalized spacial score (nSPS) is 32.4. The fraction of sp³-hybridized carbons (Fsp3) is 1.00. The maximum Gasteiger partial charge on any atom is 0.0704 e. The summed E-state index contributed by atoms with van der Waals surface area (Å²) in [6, 6.07) is 0. The Hall–Kier alpha value is -0.400. The van der Waals surface area contributed by atoms with Crippen LogP contribution in [0.15, 0.2) is 0 Å². The van der Waals surface area contributed by atoms with Gasteiger partial charge in [0.2, 0.25) is 0 Å². The van der Waals surface area contributed by atoms with E-state index >= 15 is 0 Å². The van der Waals surface area contributed by atoms with Gasteiger partial charge in [0, 0.05) is 6.61 Å². The fourth-order valence-corrected chi connectivity index (χ4v) is 5.19. The Balaban J connectivity index is 1.66. The van der Waals surface area contributed by atoms with Crippen LogP contribution in [0.4, 0.5) is 0 Å².